The number of hydrogen-bond acceptors (Lipinski definition) is 6. The molecule has 0 aromatic heterocycles. The van der Waals surface area contributed by atoms with Crippen LogP contribution in [0.3, 0.4) is 0 Å². The number of benzene rings is 2. The van der Waals surface area contributed by atoms with Crippen LogP contribution in [0.25, 0.3) is 0 Å². The van der Waals surface area contributed by atoms with Crippen LogP contribution in [0, 0.1) is 0 Å². The minimum atomic E-state index is -0.589. The van der Waals surface area contributed by atoms with Crippen molar-refractivity contribution in [3.63, 3.8) is 0 Å². The molecule has 0 bridgehead atoms. The maximum atomic E-state index is 13.8. The zero-order valence-electron chi connectivity index (χ0n) is 22.3. The van der Waals surface area contributed by atoms with Crippen molar-refractivity contribution in [2.75, 3.05) is 53.7 Å². The summed E-state index contributed by atoms with van der Waals surface area (Å²) in [6.07, 6.45) is 4.31. The van der Waals surface area contributed by atoms with Gasteiger partial charge in [0.25, 0.3) is 5.91 Å². The summed E-state index contributed by atoms with van der Waals surface area (Å²) in [4.78, 5) is 32.5. The Morgan fingerprint density at radius 3 is 2.33 bits per heavy atom. The molecule has 196 valence electrons. The Morgan fingerprint density at radius 2 is 1.75 bits per heavy atom. The molecule has 0 saturated carbocycles. The molecule has 3 rings (SSSR count). The molecule has 8 heteroatoms. The summed E-state index contributed by atoms with van der Waals surface area (Å²) in [5.41, 5.74) is 2.04. The zero-order chi connectivity index (χ0) is 26.2. The van der Waals surface area contributed by atoms with Gasteiger partial charge in [0.1, 0.15) is 0 Å². The lowest BCUT2D eigenvalue weighted by atomic mass is 9.79. The molecular weight excluding hydrogens is 474 g/mol. The first kappa shape index (κ1) is 27.9. The highest BCUT2D eigenvalue weighted by molar-refractivity contribution is 7.98. The minimum Gasteiger partial charge on any atom is -0.493 e. The number of carbonyl (C=O) groups is 2. The first-order chi connectivity index (χ1) is 17.4. The number of nitrogens with one attached hydrogen (secondary N) is 1. The lowest BCUT2D eigenvalue weighted by Crippen LogP contribution is -2.46. The quantitative estimate of drug-likeness (QED) is 0.419. The molecule has 0 aliphatic carbocycles. The molecule has 1 heterocycles. The van der Waals surface area contributed by atoms with Crippen molar-refractivity contribution in [1.82, 2.24) is 15.1 Å². The van der Waals surface area contributed by atoms with Gasteiger partial charge >= 0.3 is 0 Å². The number of thioether (sulfide) groups is 1. The van der Waals surface area contributed by atoms with Crippen LogP contribution >= 0.6 is 11.8 Å². The van der Waals surface area contributed by atoms with Gasteiger partial charge in [0.15, 0.2) is 11.5 Å². The van der Waals surface area contributed by atoms with Gasteiger partial charge < -0.3 is 24.6 Å². The van der Waals surface area contributed by atoms with E-state index >= 15 is 0 Å². The third-order valence-corrected chi connectivity index (χ3v) is 7.66. The normalized spacial score (nSPS) is 17.2. The van der Waals surface area contributed by atoms with Crippen LogP contribution in [0.4, 0.5) is 0 Å². The fourth-order valence-electron chi connectivity index (χ4n) is 4.81. The van der Waals surface area contributed by atoms with Gasteiger partial charge in [0, 0.05) is 30.6 Å². The van der Waals surface area contributed by atoms with E-state index in [-0.39, 0.29) is 11.8 Å². The second kappa shape index (κ2) is 13.0. The molecule has 0 radical (unpaired) electrons. The average Bonchev–Trinajstić information content (AvgIpc) is 2.91. The van der Waals surface area contributed by atoms with Crippen LogP contribution in [-0.2, 0) is 4.79 Å². The molecule has 0 fully saturated rings. The Hall–Kier alpha value is -2.71. The number of methoxy groups -OCH3 is 2. The van der Waals surface area contributed by atoms with Crippen LogP contribution in [0.15, 0.2) is 41.3 Å². The molecule has 1 N–H and O–H groups in total. The fraction of sp³-hybridized carbons (Fsp3) is 0.500. The number of ether oxygens (including phenoxy) is 2. The Bertz CT molecular complexity index is 1040. The van der Waals surface area contributed by atoms with Gasteiger partial charge in [-0.15, -0.1) is 11.8 Å². The number of likely N-dealkylation sites (N-methyl/N-ethyl adjacent to an activating group) is 2. The van der Waals surface area contributed by atoms with E-state index in [0.29, 0.717) is 29.2 Å². The summed E-state index contributed by atoms with van der Waals surface area (Å²) in [6.45, 7) is 7.63. The highest BCUT2D eigenvalue weighted by Gasteiger charge is 2.43. The monoisotopic (exact) mass is 513 g/mol. The lowest BCUT2D eigenvalue weighted by Gasteiger charge is -2.40. The molecular formula is C28H39N3O4S. The van der Waals surface area contributed by atoms with Crippen molar-refractivity contribution in [3.8, 4) is 11.5 Å². The van der Waals surface area contributed by atoms with Gasteiger partial charge in [-0.25, -0.2) is 0 Å². The standard InChI is InChI=1S/C28H39N3O4S/c1-7-9-15-31(8-2)16-14-29-27(32)25-21-17-23(34-4)24(35-5)18-22(21)28(33)30(3)26(25)19-10-12-20(36-6)13-11-19/h10-13,17-18,25-26H,7-9,14-16H2,1-6H3,(H,29,32)/t25-,26-/m1/s1. The molecule has 2 aromatic rings. The highest BCUT2D eigenvalue weighted by atomic mass is 32.2. The molecule has 0 unspecified atom stereocenters. The van der Waals surface area contributed by atoms with Gasteiger partial charge in [-0.05, 0) is 61.2 Å². The van der Waals surface area contributed by atoms with E-state index < -0.39 is 12.0 Å². The summed E-state index contributed by atoms with van der Waals surface area (Å²) in [5, 5.41) is 3.16. The molecule has 36 heavy (non-hydrogen) atoms. The van der Waals surface area contributed by atoms with E-state index in [1.54, 1.807) is 50.1 Å². The average molecular weight is 514 g/mol. The van der Waals surface area contributed by atoms with E-state index in [1.165, 1.54) is 0 Å². The number of nitrogens with zero attached hydrogens (tertiary/aromatic N) is 2. The minimum absolute atomic E-state index is 0.103. The van der Waals surface area contributed by atoms with Crippen molar-refractivity contribution in [2.24, 2.45) is 0 Å². The van der Waals surface area contributed by atoms with Crippen LogP contribution in [0.2, 0.25) is 0 Å². The summed E-state index contributed by atoms with van der Waals surface area (Å²) in [7, 11) is 4.86. The molecule has 2 aromatic carbocycles. The van der Waals surface area contributed by atoms with Crippen LogP contribution < -0.4 is 14.8 Å². The lowest BCUT2D eigenvalue weighted by molar-refractivity contribution is -0.124. The predicted octanol–water partition coefficient (Wildman–Crippen LogP) is 4.57. The van der Waals surface area contributed by atoms with Gasteiger partial charge in [0.2, 0.25) is 5.91 Å². The van der Waals surface area contributed by atoms with Gasteiger partial charge in [-0.1, -0.05) is 32.4 Å². The number of hydrogen-bond donors (Lipinski definition) is 1. The Labute approximate surface area is 219 Å². The van der Waals surface area contributed by atoms with Gasteiger partial charge in [-0.2, -0.15) is 0 Å². The molecule has 7 nitrogen and oxygen atoms in total. The van der Waals surface area contributed by atoms with Gasteiger partial charge in [0.05, 0.1) is 26.2 Å². The van der Waals surface area contributed by atoms with Crippen LogP contribution in [-0.4, -0.2) is 75.3 Å². The fourth-order valence-corrected chi connectivity index (χ4v) is 5.21. The topological polar surface area (TPSA) is 71.1 Å². The number of amides is 2. The van der Waals surface area contributed by atoms with Crippen molar-refractivity contribution in [1.29, 1.82) is 0 Å². The first-order valence-corrected chi connectivity index (χ1v) is 13.8. The summed E-state index contributed by atoms with van der Waals surface area (Å²) in [5.74, 6) is 0.126. The van der Waals surface area contributed by atoms with Crippen molar-refractivity contribution in [3.05, 3.63) is 53.1 Å². The van der Waals surface area contributed by atoms with E-state index in [2.05, 4.69) is 24.1 Å². The third-order valence-electron chi connectivity index (χ3n) is 6.92. The number of unbranched alkanes of at least 4 members (excludes halogenated alkanes) is 1. The van der Waals surface area contributed by atoms with Crippen molar-refractivity contribution < 1.29 is 19.1 Å². The number of fused-ring (bicyclic) bond motifs is 1. The van der Waals surface area contributed by atoms with Crippen LogP contribution in [0.5, 0.6) is 11.5 Å². The van der Waals surface area contributed by atoms with E-state index in [9.17, 15) is 9.59 Å². The molecule has 0 saturated heterocycles. The van der Waals surface area contributed by atoms with Gasteiger partial charge in [-0.3, -0.25) is 9.59 Å². The molecule has 1 aliphatic rings. The maximum absolute atomic E-state index is 13.8. The third kappa shape index (κ3) is 5.98. The summed E-state index contributed by atoms with van der Waals surface area (Å²) >= 11 is 1.66. The van der Waals surface area contributed by atoms with E-state index in [1.807, 2.05) is 30.5 Å². The Kier molecular flexibility index (Phi) is 10.1. The smallest absolute Gasteiger partial charge is 0.254 e. The second-order valence-electron chi connectivity index (χ2n) is 8.99. The summed E-state index contributed by atoms with van der Waals surface area (Å²) < 4.78 is 11.0. The van der Waals surface area contributed by atoms with E-state index in [4.69, 9.17) is 9.47 Å². The molecule has 0 spiro atoms. The molecule has 1 aliphatic heterocycles. The van der Waals surface area contributed by atoms with Crippen molar-refractivity contribution >= 4 is 23.6 Å². The largest absolute Gasteiger partial charge is 0.493 e. The zero-order valence-corrected chi connectivity index (χ0v) is 23.1. The number of carbonyl (C=O) groups excluding carboxylic acids is 2. The highest BCUT2D eigenvalue weighted by Crippen LogP contribution is 2.45. The maximum Gasteiger partial charge on any atom is 0.254 e. The first-order valence-electron chi connectivity index (χ1n) is 12.6. The van der Waals surface area contributed by atoms with E-state index in [0.717, 1.165) is 42.9 Å². The summed E-state index contributed by atoms with van der Waals surface area (Å²) in [6, 6.07) is 11.1. The molecule has 2 atom stereocenters. The SMILES string of the molecule is CCCCN(CC)CCNC(=O)[C@@H]1c2cc(OC)c(OC)cc2C(=O)N(C)[C@@H]1c1ccc(SC)cc1. The number of rotatable bonds is 12. The Morgan fingerprint density at radius 1 is 1.08 bits per heavy atom. The molecule has 2 amide bonds. The second-order valence-corrected chi connectivity index (χ2v) is 9.86. The Balaban J connectivity index is 1.99. The van der Waals surface area contributed by atoms with Crippen molar-refractivity contribution in [2.45, 2.75) is 43.5 Å². The van der Waals surface area contributed by atoms with Crippen LogP contribution in [0.1, 0.15) is 60.1 Å². The predicted molar refractivity (Wildman–Crippen MR) is 145 cm³/mol.